The van der Waals surface area contributed by atoms with Crippen LogP contribution in [-0.2, 0) is 20.9 Å². The number of anilines is 2. The van der Waals surface area contributed by atoms with Crippen LogP contribution in [0.4, 0.5) is 11.4 Å². The Morgan fingerprint density at radius 3 is 2.26 bits per heavy atom. The molecular weight excluding hydrogens is 482 g/mol. The number of carbonyl (C=O) groups is 4. The predicted molar refractivity (Wildman–Crippen MR) is 145 cm³/mol. The van der Waals surface area contributed by atoms with Crippen LogP contribution < -0.4 is 15.0 Å². The third-order valence-corrected chi connectivity index (χ3v) is 6.69. The molecule has 38 heavy (non-hydrogen) atoms. The molecule has 0 radical (unpaired) electrons. The molecule has 1 atom stereocenters. The normalized spacial score (nSPS) is 13.3. The van der Waals surface area contributed by atoms with E-state index in [-0.39, 0.29) is 30.5 Å². The van der Waals surface area contributed by atoms with E-state index in [0.717, 1.165) is 11.1 Å². The van der Waals surface area contributed by atoms with E-state index < -0.39 is 23.6 Å². The molecule has 0 saturated carbocycles. The molecule has 1 N–H and O–H groups in total. The minimum atomic E-state index is -0.840. The van der Waals surface area contributed by atoms with Crippen molar-refractivity contribution >= 4 is 34.9 Å². The lowest BCUT2D eigenvalue weighted by Crippen LogP contribution is -2.53. The van der Waals surface area contributed by atoms with Gasteiger partial charge in [0.25, 0.3) is 11.7 Å². The predicted octanol–water partition coefficient (Wildman–Crippen LogP) is 4.23. The van der Waals surface area contributed by atoms with Gasteiger partial charge in [0.2, 0.25) is 11.8 Å². The zero-order valence-electron chi connectivity index (χ0n) is 21.9. The van der Waals surface area contributed by atoms with E-state index in [1.807, 2.05) is 45.0 Å². The Morgan fingerprint density at radius 2 is 1.61 bits per heavy atom. The van der Waals surface area contributed by atoms with Crippen molar-refractivity contribution in [3.8, 4) is 5.75 Å². The molecule has 8 nitrogen and oxygen atoms in total. The summed E-state index contributed by atoms with van der Waals surface area (Å²) in [4.78, 5) is 55.5. The smallest absolute Gasteiger partial charge is 0.299 e. The van der Waals surface area contributed by atoms with Crippen LogP contribution in [0.1, 0.15) is 35.3 Å². The van der Waals surface area contributed by atoms with Crippen molar-refractivity contribution < 1.29 is 23.9 Å². The number of amides is 3. The molecule has 0 fully saturated rings. The number of aryl methyl sites for hydroxylation is 1. The summed E-state index contributed by atoms with van der Waals surface area (Å²) in [6.45, 7) is 5.50. The minimum Gasteiger partial charge on any atom is -0.497 e. The highest BCUT2D eigenvalue weighted by Gasteiger charge is 2.39. The summed E-state index contributed by atoms with van der Waals surface area (Å²) in [6, 6.07) is 20.4. The topological polar surface area (TPSA) is 96.0 Å². The lowest BCUT2D eigenvalue weighted by Gasteiger charge is -2.35. The summed E-state index contributed by atoms with van der Waals surface area (Å²) in [5.41, 5.74) is 3.09. The lowest BCUT2D eigenvalue weighted by molar-refractivity contribution is -0.140. The van der Waals surface area contributed by atoms with Gasteiger partial charge in [-0.25, -0.2) is 0 Å². The van der Waals surface area contributed by atoms with Crippen molar-refractivity contribution in [3.05, 3.63) is 89.5 Å². The Kier molecular flexibility index (Phi) is 7.90. The summed E-state index contributed by atoms with van der Waals surface area (Å²) in [5, 5.41) is 2.91. The molecule has 3 aromatic carbocycles. The van der Waals surface area contributed by atoms with Crippen LogP contribution in [0.3, 0.4) is 0 Å². The number of carbonyl (C=O) groups excluding carboxylic acids is 4. The zero-order chi connectivity index (χ0) is 27.4. The summed E-state index contributed by atoms with van der Waals surface area (Å²) in [5.74, 6) is -1.77. The van der Waals surface area contributed by atoms with Crippen molar-refractivity contribution in [1.82, 2.24) is 4.90 Å². The van der Waals surface area contributed by atoms with Gasteiger partial charge >= 0.3 is 0 Å². The highest BCUT2D eigenvalue weighted by molar-refractivity contribution is 6.52. The fourth-order valence-electron chi connectivity index (χ4n) is 4.64. The number of rotatable bonds is 9. The molecule has 0 bridgehead atoms. The molecule has 4 rings (SSSR count). The fraction of sp³-hybridized carbons (Fsp3) is 0.267. The van der Waals surface area contributed by atoms with Crippen molar-refractivity contribution in [3.63, 3.8) is 0 Å². The average molecular weight is 514 g/mol. The second-order valence-corrected chi connectivity index (χ2v) is 9.59. The molecule has 0 aliphatic carbocycles. The number of nitrogens with zero attached hydrogens (tertiary/aromatic N) is 2. The molecule has 0 aromatic heterocycles. The van der Waals surface area contributed by atoms with Crippen LogP contribution in [-0.4, -0.2) is 48.1 Å². The molecule has 1 heterocycles. The molecule has 1 aliphatic rings. The molecule has 1 aliphatic heterocycles. The van der Waals surface area contributed by atoms with Gasteiger partial charge in [0, 0.05) is 12.2 Å². The maximum absolute atomic E-state index is 13.9. The van der Waals surface area contributed by atoms with Crippen molar-refractivity contribution in [2.45, 2.75) is 33.4 Å². The van der Waals surface area contributed by atoms with E-state index in [1.54, 1.807) is 55.6 Å². The summed E-state index contributed by atoms with van der Waals surface area (Å²) in [7, 11) is 1.56. The van der Waals surface area contributed by atoms with Gasteiger partial charge in [0.1, 0.15) is 18.3 Å². The number of para-hydroxylation sites is 1. The van der Waals surface area contributed by atoms with Gasteiger partial charge in [-0.05, 0) is 60.4 Å². The lowest BCUT2D eigenvalue weighted by atomic mass is 9.99. The highest BCUT2D eigenvalue weighted by atomic mass is 16.5. The molecular formula is C30H31N3O5. The molecule has 8 heteroatoms. The second kappa shape index (κ2) is 11.3. The first kappa shape index (κ1) is 26.6. The highest BCUT2D eigenvalue weighted by Crippen LogP contribution is 2.29. The number of fused-ring (bicyclic) bond motifs is 1. The maximum atomic E-state index is 13.9. The van der Waals surface area contributed by atoms with Crippen molar-refractivity contribution in [2.75, 3.05) is 23.9 Å². The SMILES string of the molecule is COc1ccc(NC(=O)[C@H](C(C)C)N(Cc2ccccc2C)C(=O)CN2C(=O)C(=O)c3ccccc32)cc1. The number of methoxy groups -OCH3 is 1. The molecule has 0 saturated heterocycles. The molecule has 0 unspecified atom stereocenters. The largest absolute Gasteiger partial charge is 0.497 e. The van der Waals surface area contributed by atoms with Crippen LogP contribution in [0.15, 0.2) is 72.8 Å². The summed E-state index contributed by atoms with van der Waals surface area (Å²) in [6.07, 6.45) is 0. The number of ether oxygens (including phenoxy) is 1. The van der Waals surface area contributed by atoms with E-state index >= 15 is 0 Å². The van der Waals surface area contributed by atoms with Crippen LogP contribution in [0.25, 0.3) is 0 Å². The molecule has 0 spiro atoms. The summed E-state index contributed by atoms with van der Waals surface area (Å²) >= 11 is 0. The van der Waals surface area contributed by atoms with Crippen LogP contribution >= 0.6 is 0 Å². The van der Waals surface area contributed by atoms with Gasteiger partial charge in [-0.2, -0.15) is 0 Å². The number of Topliss-reactive ketones (excluding diaryl/α,β-unsaturated/α-hetero) is 1. The first-order valence-electron chi connectivity index (χ1n) is 12.5. The van der Waals surface area contributed by atoms with Gasteiger partial charge in [0.05, 0.1) is 18.4 Å². The Morgan fingerprint density at radius 1 is 0.947 bits per heavy atom. The average Bonchev–Trinajstić information content (AvgIpc) is 3.14. The van der Waals surface area contributed by atoms with Crippen LogP contribution in [0.5, 0.6) is 5.75 Å². The summed E-state index contributed by atoms with van der Waals surface area (Å²) < 4.78 is 5.19. The van der Waals surface area contributed by atoms with Gasteiger partial charge in [-0.1, -0.05) is 50.2 Å². The van der Waals surface area contributed by atoms with Gasteiger partial charge in [-0.15, -0.1) is 0 Å². The van der Waals surface area contributed by atoms with Gasteiger partial charge < -0.3 is 15.0 Å². The van der Waals surface area contributed by atoms with Crippen molar-refractivity contribution in [2.24, 2.45) is 5.92 Å². The van der Waals surface area contributed by atoms with E-state index in [1.165, 1.54) is 9.80 Å². The maximum Gasteiger partial charge on any atom is 0.299 e. The van der Waals surface area contributed by atoms with Crippen molar-refractivity contribution in [1.29, 1.82) is 0 Å². The van der Waals surface area contributed by atoms with Crippen LogP contribution in [0.2, 0.25) is 0 Å². The Hall–Kier alpha value is -4.46. The Labute approximate surface area is 222 Å². The Balaban J connectivity index is 1.66. The number of benzene rings is 3. The zero-order valence-corrected chi connectivity index (χ0v) is 21.9. The molecule has 196 valence electrons. The molecule has 3 amide bonds. The number of nitrogens with one attached hydrogen (secondary N) is 1. The fourth-order valence-corrected chi connectivity index (χ4v) is 4.64. The quantitative estimate of drug-likeness (QED) is 0.432. The third kappa shape index (κ3) is 5.44. The van der Waals surface area contributed by atoms with E-state index in [4.69, 9.17) is 4.74 Å². The number of ketones is 1. The van der Waals surface area contributed by atoms with E-state index in [9.17, 15) is 19.2 Å². The van der Waals surface area contributed by atoms with E-state index in [2.05, 4.69) is 5.32 Å². The standard InChI is InChI=1S/C30H31N3O5/c1-19(2)27(29(36)31-22-13-15-23(38-4)16-14-22)33(17-21-10-6-5-9-20(21)3)26(34)18-32-25-12-8-7-11-24(25)28(35)30(32)37/h5-16,19,27H,17-18H2,1-4H3,(H,31,36)/t27-/m0/s1. The van der Waals surface area contributed by atoms with Gasteiger partial charge in [0.15, 0.2) is 0 Å². The van der Waals surface area contributed by atoms with Crippen LogP contribution in [0, 0.1) is 12.8 Å². The number of hydrogen-bond acceptors (Lipinski definition) is 5. The second-order valence-electron chi connectivity index (χ2n) is 9.59. The monoisotopic (exact) mass is 513 g/mol. The number of hydrogen-bond donors (Lipinski definition) is 1. The minimum absolute atomic E-state index is 0.169. The third-order valence-electron chi connectivity index (χ3n) is 6.69. The molecule has 3 aromatic rings. The Bertz CT molecular complexity index is 1370. The van der Waals surface area contributed by atoms with E-state index in [0.29, 0.717) is 17.1 Å². The van der Waals surface area contributed by atoms with Gasteiger partial charge in [-0.3, -0.25) is 24.1 Å². The first-order chi connectivity index (χ1) is 18.2. The first-order valence-corrected chi connectivity index (χ1v) is 12.5.